The molecule has 0 aromatic carbocycles. The third-order valence-corrected chi connectivity index (χ3v) is 3.73. The first-order valence-electron chi connectivity index (χ1n) is 6.83. The predicted molar refractivity (Wildman–Crippen MR) is 76.1 cm³/mol. The van der Waals surface area contributed by atoms with E-state index in [0.29, 0.717) is 5.69 Å². The summed E-state index contributed by atoms with van der Waals surface area (Å²) >= 11 is 0. The summed E-state index contributed by atoms with van der Waals surface area (Å²) in [5.74, 6) is 0.320. The number of carbonyl (C=O) groups excluding carboxylic acids is 1. The van der Waals surface area contributed by atoms with E-state index < -0.39 is 5.91 Å². The Balaban J connectivity index is 1.76. The second-order valence-corrected chi connectivity index (χ2v) is 5.26. The van der Waals surface area contributed by atoms with Crippen LogP contribution in [0.1, 0.15) is 29.8 Å². The molecule has 0 radical (unpaired) electrons. The van der Waals surface area contributed by atoms with Crippen molar-refractivity contribution in [2.45, 2.75) is 19.3 Å². The minimum absolute atomic E-state index is 0.310. The number of hydrogen-bond donors (Lipinski definition) is 2. The van der Waals surface area contributed by atoms with Crippen molar-refractivity contribution >= 4 is 11.6 Å². The number of carbonyl (C=O) groups is 1. The highest BCUT2D eigenvalue weighted by Gasteiger charge is 2.15. The van der Waals surface area contributed by atoms with Gasteiger partial charge in [0, 0.05) is 18.4 Å². The first kappa shape index (κ1) is 13.8. The number of amides is 1. The summed E-state index contributed by atoms with van der Waals surface area (Å²) < 4.78 is 0. The summed E-state index contributed by atoms with van der Waals surface area (Å²) in [6.45, 7) is 3.33. The van der Waals surface area contributed by atoms with Gasteiger partial charge in [-0.15, -0.1) is 0 Å². The van der Waals surface area contributed by atoms with E-state index >= 15 is 0 Å². The predicted octanol–water partition coefficient (Wildman–Crippen LogP) is 1.32. The van der Waals surface area contributed by atoms with Crippen LogP contribution in [0.4, 0.5) is 5.69 Å². The minimum atomic E-state index is -0.487. The zero-order chi connectivity index (χ0) is 13.7. The van der Waals surface area contributed by atoms with Crippen LogP contribution in [-0.4, -0.2) is 42.5 Å². The molecule has 1 amide bonds. The van der Waals surface area contributed by atoms with Crippen molar-refractivity contribution in [3.63, 3.8) is 0 Å². The number of nitrogens with zero attached hydrogens (tertiary/aromatic N) is 2. The fourth-order valence-corrected chi connectivity index (χ4v) is 2.45. The summed E-state index contributed by atoms with van der Waals surface area (Å²) in [5.41, 5.74) is 6.43. The fraction of sp³-hybridized carbons (Fsp3) is 0.571. The summed E-state index contributed by atoms with van der Waals surface area (Å²) in [7, 11) is 2.18. The Labute approximate surface area is 114 Å². The van der Waals surface area contributed by atoms with Crippen LogP contribution in [0.25, 0.3) is 0 Å². The van der Waals surface area contributed by atoms with Crippen LogP contribution >= 0.6 is 0 Å². The summed E-state index contributed by atoms with van der Waals surface area (Å²) in [6, 6.07) is 3.57. The van der Waals surface area contributed by atoms with Crippen molar-refractivity contribution in [2.75, 3.05) is 32.0 Å². The van der Waals surface area contributed by atoms with Crippen molar-refractivity contribution in [1.82, 2.24) is 9.88 Å². The Kier molecular flexibility index (Phi) is 4.74. The van der Waals surface area contributed by atoms with Crippen LogP contribution in [0.2, 0.25) is 0 Å². The molecule has 5 nitrogen and oxygen atoms in total. The van der Waals surface area contributed by atoms with Gasteiger partial charge < -0.3 is 16.0 Å². The number of hydrogen-bond acceptors (Lipinski definition) is 4. The van der Waals surface area contributed by atoms with Crippen molar-refractivity contribution in [3.8, 4) is 0 Å². The van der Waals surface area contributed by atoms with Gasteiger partial charge in [-0.25, -0.2) is 0 Å². The Bertz CT molecular complexity index is 427. The average molecular weight is 262 g/mol. The Morgan fingerprint density at radius 1 is 1.53 bits per heavy atom. The number of nitrogens with two attached hydrogens (primary N) is 1. The van der Waals surface area contributed by atoms with Gasteiger partial charge >= 0.3 is 0 Å². The second-order valence-electron chi connectivity index (χ2n) is 5.26. The third kappa shape index (κ3) is 4.21. The number of nitrogens with one attached hydrogen (secondary N) is 1. The third-order valence-electron chi connectivity index (χ3n) is 3.73. The smallest absolute Gasteiger partial charge is 0.267 e. The van der Waals surface area contributed by atoms with E-state index in [0.717, 1.165) is 18.2 Å². The summed E-state index contributed by atoms with van der Waals surface area (Å²) in [5, 5.41) is 3.34. The van der Waals surface area contributed by atoms with E-state index in [4.69, 9.17) is 5.73 Å². The molecule has 2 heterocycles. The molecular weight excluding hydrogens is 240 g/mol. The lowest BCUT2D eigenvalue weighted by Gasteiger charge is -2.28. The molecule has 104 valence electrons. The number of piperidine rings is 1. The van der Waals surface area contributed by atoms with Crippen LogP contribution < -0.4 is 11.1 Å². The number of aromatic nitrogens is 1. The molecule has 1 aliphatic rings. The first-order chi connectivity index (χ1) is 9.15. The van der Waals surface area contributed by atoms with Gasteiger partial charge in [0.1, 0.15) is 5.69 Å². The second kappa shape index (κ2) is 6.52. The maximum absolute atomic E-state index is 11.0. The van der Waals surface area contributed by atoms with Gasteiger partial charge in [-0.1, -0.05) is 0 Å². The molecule has 0 bridgehead atoms. The van der Waals surface area contributed by atoms with E-state index in [1.807, 2.05) is 6.07 Å². The molecule has 0 saturated carbocycles. The van der Waals surface area contributed by atoms with Gasteiger partial charge in [-0.3, -0.25) is 9.78 Å². The molecule has 5 heteroatoms. The van der Waals surface area contributed by atoms with Crippen LogP contribution in [0.5, 0.6) is 0 Å². The topological polar surface area (TPSA) is 71.2 Å². The zero-order valence-corrected chi connectivity index (χ0v) is 11.4. The SMILES string of the molecule is CN1CCC(CCNc2ccnc(C(N)=O)c2)CC1. The Hall–Kier alpha value is -1.62. The lowest BCUT2D eigenvalue weighted by Crippen LogP contribution is -2.30. The highest BCUT2D eigenvalue weighted by atomic mass is 16.1. The van der Waals surface area contributed by atoms with E-state index in [9.17, 15) is 4.79 Å². The van der Waals surface area contributed by atoms with Gasteiger partial charge in [0.2, 0.25) is 0 Å². The van der Waals surface area contributed by atoms with Crippen molar-refractivity contribution in [2.24, 2.45) is 11.7 Å². The molecule has 1 aliphatic heterocycles. The van der Waals surface area contributed by atoms with Gasteiger partial charge in [0.15, 0.2) is 0 Å². The molecule has 1 saturated heterocycles. The molecule has 0 atom stereocenters. The maximum Gasteiger partial charge on any atom is 0.267 e. The van der Waals surface area contributed by atoms with Crippen LogP contribution in [0, 0.1) is 5.92 Å². The van der Waals surface area contributed by atoms with Gasteiger partial charge in [0.05, 0.1) is 0 Å². The molecule has 1 aromatic heterocycles. The fourth-order valence-electron chi connectivity index (χ4n) is 2.45. The molecule has 0 spiro atoms. The van der Waals surface area contributed by atoms with Gasteiger partial charge in [-0.2, -0.15) is 0 Å². The largest absolute Gasteiger partial charge is 0.385 e. The van der Waals surface area contributed by atoms with Gasteiger partial charge in [-0.05, 0) is 57.5 Å². The lowest BCUT2D eigenvalue weighted by molar-refractivity contribution is 0.0995. The van der Waals surface area contributed by atoms with Crippen molar-refractivity contribution in [1.29, 1.82) is 0 Å². The van der Waals surface area contributed by atoms with Crippen LogP contribution in [-0.2, 0) is 0 Å². The van der Waals surface area contributed by atoms with Crippen LogP contribution in [0.15, 0.2) is 18.3 Å². The molecule has 0 unspecified atom stereocenters. The zero-order valence-electron chi connectivity index (χ0n) is 11.4. The number of pyridine rings is 1. The van der Waals surface area contributed by atoms with Gasteiger partial charge in [0.25, 0.3) is 5.91 Å². The lowest BCUT2D eigenvalue weighted by atomic mass is 9.94. The Morgan fingerprint density at radius 2 is 2.26 bits per heavy atom. The number of likely N-dealkylation sites (tertiary alicyclic amines) is 1. The van der Waals surface area contributed by atoms with Crippen molar-refractivity contribution < 1.29 is 4.79 Å². The summed E-state index contributed by atoms with van der Waals surface area (Å²) in [6.07, 6.45) is 5.34. The van der Waals surface area contributed by atoms with Crippen molar-refractivity contribution in [3.05, 3.63) is 24.0 Å². The quantitative estimate of drug-likeness (QED) is 0.839. The van der Waals surface area contributed by atoms with E-state index in [1.54, 1.807) is 12.3 Å². The number of anilines is 1. The maximum atomic E-state index is 11.0. The highest BCUT2D eigenvalue weighted by Crippen LogP contribution is 2.19. The molecule has 0 aliphatic carbocycles. The average Bonchev–Trinajstić information content (AvgIpc) is 2.41. The molecule has 1 fully saturated rings. The van der Waals surface area contributed by atoms with E-state index in [2.05, 4.69) is 22.2 Å². The monoisotopic (exact) mass is 262 g/mol. The number of rotatable bonds is 5. The molecular formula is C14H22N4O. The highest BCUT2D eigenvalue weighted by molar-refractivity contribution is 5.91. The summed E-state index contributed by atoms with van der Waals surface area (Å²) in [4.78, 5) is 17.3. The standard InChI is InChI=1S/C14H22N4O/c1-18-8-4-11(5-9-18)2-6-16-12-3-7-17-13(10-12)14(15)19/h3,7,10-11H,2,4-6,8-9H2,1H3,(H2,15,19)(H,16,17). The number of primary amides is 1. The Morgan fingerprint density at radius 3 is 2.95 bits per heavy atom. The van der Waals surface area contributed by atoms with Crippen LogP contribution in [0.3, 0.4) is 0 Å². The normalized spacial score (nSPS) is 17.3. The first-order valence-corrected chi connectivity index (χ1v) is 6.83. The van der Waals surface area contributed by atoms with E-state index in [1.165, 1.54) is 32.4 Å². The minimum Gasteiger partial charge on any atom is -0.385 e. The van der Waals surface area contributed by atoms with E-state index in [-0.39, 0.29) is 0 Å². The molecule has 1 aromatic rings. The molecule has 19 heavy (non-hydrogen) atoms. The molecule has 3 N–H and O–H groups in total. The molecule has 2 rings (SSSR count).